The summed E-state index contributed by atoms with van der Waals surface area (Å²) in [5.41, 5.74) is 1.24. The van der Waals surface area contributed by atoms with Crippen molar-refractivity contribution < 1.29 is 9.84 Å². The average Bonchev–Trinajstić information content (AvgIpc) is 2.34. The van der Waals surface area contributed by atoms with Crippen LogP contribution in [-0.4, -0.2) is 18.3 Å². The van der Waals surface area contributed by atoms with Crippen LogP contribution in [0.15, 0.2) is 55.3 Å². The third-order valence-electron chi connectivity index (χ3n) is 2.26. The molecule has 1 unspecified atom stereocenters. The standard InChI is InChI=1S/C14H18O2/c1-2-6-13(9-11-16-12-10-15)14-7-4-3-5-8-14/h2-5,7-9,11,13,15H,1,6,10,12H2/b11-9+. The van der Waals surface area contributed by atoms with Crippen molar-refractivity contribution >= 4 is 0 Å². The van der Waals surface area contributed by atoms with Crippen molar-refractivity contribution in [2.24, 2.45) is 0 Å². The van der Waals surface area contributed by atoms with Gasteiger partial charge in [-0.25, -0.2) is 0 Å². The highest BCUT2D eigenvalue weighted by Gasteiger charge is 2.04. The van der Waals surface area contributed by atoms with Crippen molar-refractivity contribution in [2.45, 2.75) is 12.3 Å². The molecule has 0 bridgehead atoms. The van der Waals surface area contributed by atoms with Gasteiger partial charge in [0.25, 0.3) is 0 Å². The molecule has 0 aliphatic carbocycles. The molecule has 0 amide bonds. The first kappa shape index (κ1) is 12.5. The zero-order valence-corrected chi connectivity index (χ0v) is 9.38. The van der Waals surface area contributed by atoms with E-state index in [0.717, 1.165) is 6.42 Å². The summed E-state index contributed by atoms with van der Waals surface area (Å²) in [6, 6.07) is 10.2. The normalized spacial score (nSPS) is 12.6. The number of rotatable bonds is 7. The summed E-state index contributed by atoms with van der Waals surface area (Å²) in [6.07, 6.45) is 6.42. The van der Waals surface area contributed by atoms with Crippen molar-refractivity contribution in [1.29, 1.82) is 0 Å². The van der Waals surface area contributed by atoms with Crippen LogP contribution in [0.1, 0.15) is 17.9 Å². The van der Waals surface area contributed by atoms with E-state index < -0.39 is 0 Å². The summed E-state index contributed by atoms with van der Waals surface area (Å²) in [6.45, 7) is 4.14. The summed E-state index contributed by atoms with van der Waals surface area (Å²) >= 11 is 0. The first-order valence-electron chi connectivity index (χ1n) is 5.43. The molecule has 0 spiro atoms. The van der Waals surface area contributed by atoms with Crippen LogP contribution in [0.3, 0.4) is 0 Å². The number of allylic oxidation sites excluding steroid dienone is 2. The molecule has 1 atom stereocenters. The van der Waals surface area contributed by atoms with Crippen LogP contribution in [-0.2, 0) is 4.74 Å². The Morgan fingerprint density at radius 3 is 2.69 bits per heavy atom. The Morgan fingerprint density at radius 1 is 1.31 bits per heavy atom. The van der Waals surface area contributed by atoms with Crippen LogP contribution < -0.4 is 0 Å². The highest BCUT2D eigenvalue weighted by atomic mass is 16.5. The molecule has 0 heterocycles. The van der Waals surface area contributed by atoms with Crippen LogP contribution in [0.2, 0.25) is 0 Å². The van der Waals surface area contributed by atoms with Crippen molar-refractivity contribution in [3.63, 3.8) is 0 Å². The molecular weight excluding hydrogens is 200 g/mol. The van der Waals surface area contributed by atoms with Crippen molar-refractivity contribution in [3.8, 4) is 0 Å². The van der Waals surface area contributed by atoms with Gasteiger partial charge in [0, 0.05) is 5.92 Å². The summed E-state index contributed by atoms with van der Waals surface area (Å²) in [5, 5.41) is 8.58. The molecule has 86 valence electrons. The molecule has 2 nitrogen and oxygen atoms in total. The van der Waals surface area contributed by atoms with Crippen molar-refractivity contribution in [3.05, 3.63) is 60.9 Å². The highest BCUT2D eigenvalue weighted by Crippen LogP contribution is 2.21. The van der Waals surface area contributed by atoms with Gasteiger partial charge >= 0.3 is 0 Å². The Hall–Kier alpha value is -1.54. The lowest BCUT2D eigenvalue weighted by Crippen LogP contribution is -1.96. The second-order valence-electron chi connectivity index (χ2n) is 3.46. The van der Waals surface area contributed by atoms with E-state index >= 15 is 0 Å². The maximum atomic E-state index is 8.58. The van der Waals surface area contributed by atoms with Gasteiger partial charge in [0.05, 0.1) is 12.9 Å². The van der Waals surface area contributed by atoms with Crippen LogP contribution in [0.5, 0.6) is 0 Å². The zero-order chi connectivity index (χ0) is 11.6. The fourth-order valence-corrected chi connectivity index (χ4v) is 1.48. The number of benzene rings is 1. The van der Waals surface area contributed by atoms with Gasteiger partial charge in [0.2, 0.25) is 0 Å². The maximum absolute atomic E-state index is 8.58. The van der Waals surface area contributed by atoms with E-state index in [-0.39, 0.29) is 12.5 Å². The van der Waals surface area contributed by atoms with Gasteiger partial charge in [-0.3, -0.25) is 0 Å². The van der Waals surface area contributed by atoms with E-state index in [9.17, 15) is 0 Å². The minimum Gasteiger partial charge on any atom is -0.499 e. The number of ether oxygens (including phenoxy) is 1. The van der Waals surface area contributed by atoms with Gasteiger partial charge < -0.3 is 9.84 Å². The SMILES string of the molecule is C=CCC(/C=C/OCCO)c1ccccc1. The Bertz CT molecular complexity index is 317. The summed E-state index contributed by atoms with van der Waals surface area (Å²) in [5.74, 6) is 0.289. The van der Waals surface area contributed by atoms with Gasteiger partial charge in [-0.15, -0.1) is 6.58 Å². The topological polar surface area (TPSA) is 29.5 Å². The fraction of sp³-hybridized carbons (Fsp3) is 0.286. The quantitative estimate of drug-likeness (QED) is 0.433. The molecule has 16 heavy (non-hydrogen) atoms. The lowest BCUT2D eigenvalue weighted by molar-refractivity contribution is 0.165. The van der Waals surface area contributed by atoms with Crippen molar-refractivity contribution in [1.82, 2.24) is 0 Å². The molecule has 1 aromatic carbocycles. The molecule has 1 aromatic rings. The Balaban J connectivity index is 2.60. The Kier molecular flexibility index (Phi) is 6.04. The van der Waals surface area contributed by atoms with E-state index in [1.165, 1.54) is 5.56 Å². The van der Waals surface area contributed by atoms with Gasteiger partial charge in [-0.2, -0.15) is 0 Å². The first-order chi connectivity index (χ1) is 7.88. The van der Waals surface area contributed by atoms with Gasteiger partial charge in [0.15, 0.2) is 0 Å². The lowest BCUT2D eigenvalue weighted by atomic mass is 9.96. The molecule has 0 saturated carbocycles. The van der Waals surface area contributed by atoms with E-state index in [2.05, 4.69) is 18.7 Å². The molecule has 1 N–H and O–H groups in total. The minimum atomic E-state index is 0.0435. The summed E-state index contributed by atoms with van der Waals surface area (Å²) < 4.78 is 5.12. The van der Waals surface area contributed by atoms with Crippen molar-refractivity contribution in [2.75, 3.05) is 13.2 Å². The summed E-state index contributed by atoms with van der Waals surface area (Å²) in [7, 11) is 0. The minimum absolute atomic E-state index is 0.0435. The second-order valence-corrected chi connectivity index (χ2v) is 3.46. The van der Waals surface area contributed by atoms with E-state index in [1.807, 2.05) is 30.4 Å². The number of aliphatic hydroxyl groups excluding tert-OH is 1. The van der Waals surface area contributed by atoms with Gasteiger partial charge in [0.1, 0.15) is 6.61 Å². The largest absolute Gasteiger partial charge is 0.499 e. The fourth-order valence-electron chi connectivity index (χ4n) is 1.48. The van der Waals surface area contributed by atoms with Gasteiger partial charge in [-0.1, -0.05) is 36.4 Å². The van der Waals surface area contributed by atoms with Crippen LogP contribution in [0.25, 0.3) is 0 Å². The monoisotopic (exact) mass is 218 g/mol. The predicted molar refractivity (Wildman–Crippen MR) is 66.2 cm³/mol. The molecule has 0 saturated heterocycles. The smallest absolute Gasteiger partial charge is 0.110 e. The lowest BCUT2D eigenvalue weighted by Gasteiger charge is -2.10. The molecule has 0 aliphatic heterocycles. The van der Waals surface area contributed by atoms with E-state index in [0.29, 0.717) is 6.61 Å². The summed E-state index contributed by atoms with van der Waals surface area (Å²) in [4.78, 5) is 0. The van der Waals surface area contributed by atoms with Crippen LogP contribution >= 0.6 is 0 Å². The number of hydrogen-bond acceptors (Lipinski definition) is 2. The molecule has 0 fully saturated rings. The molecule has 2 heteroatoms. The third kappa shape index (κ3) is 4.32. The van der Waals surface area contributed by atoms with E-state index in [1.54, 1.807) is 6.26 Å². The third-order valence-corrected chi connectivity index (χ3v) is 2.26. The molecular formula is C14H18O2. The van der Waals surface area contributed by atoms with Crippen LogP contribution in [0, 0.1) is 0 Å². The Labute approximate surface area is 96.9 Å². The zero-order valence-electron chi connectivity index (χ0n) is 9.38. The number of hydrogen-bond donors (Lipinski definition) is 1. The molecule has 0 aliphatic rings. The van der Waals surface area contributed by atoms with Gasteiger partial charge in [-0.05, 0) is 18.1 Å². The maximum Gasteiger partial charge on any atom is 0.110 e. The number of aliphatic hydroxyl groups is 1. The highest BCUT2D eigenvalue weighted by molar-refractivity contribution is 5.24. The first-order valence-corrected chi connectivity index (χ1v) is 5.43. The predicted octanol–water partition coefficient (Wildman–Crippen LogP) is 2.87. The molecule has 0 aromatic heterocycles. The average molecular weight is 218 g/mol. The van der Waals surface area contributed by atoms with Crippen LogP contribution in [0.4, 0.5) is 0 Å². The molecule has 0 radical (unpaired) electrons. The van der Waals surface area contributed by atoms with E-state index in [4.69, 9.17) is 9.84 Å². The second kappa shape index (κ2) is 7.71. The molecule has 1 rings (SSSR count). The Morgan fingerprint density at radius 2 is 2.06 bits per heavy atom.